The van der Waals surface area contributed by atoms with Crippen LogP contribution < -0.4 is 20.5 Å². The SMILES string of the molecule is CCCS(=O)(=O)Nc1cc(F)c(Oc2ncccc2-c2ccnc(NC3CCC(N)CC3)n2)c(Cl)c1. The number of aromatic nitrogens is 3. The average Bonchev–Trinajstić information content (AvgIpc) is 2.83. The van der Waals surface area contributed by atoms with E-state index in [0.717, 1.165) is 31.7 Å². The van der Waals surface area contributed by atoms with E-state index in [1.165, 1.54) is 12.3 Å². The molecule has 12 heteroatoms. The van der Waals surface area contributed by atoms with Gasteiger partial charge in [0, 0.05) is 30.5 Å². The zero-order chi connectivity index (χ0) is 25.7. The first kappa shape index (κ1) is 26.1. The molecule has 2 heterocycles. The summed E-state index contributed by atoms with van der Waals surface area (Å²) < 4.78 is 47.1. The molecular formula is C24H28ClFN6O3S. The van der Waals surface area contributed by atoms with Crippen molar-refractivity contribution in [2.75, 3.05) is 15.8 Å². The zero-order valence-electron chi connectivity index (χ0n) is 19.7. The van der Waals surface area contributed by atoms with Gasteiger partial charge in [0.25, 0.3) is 0 Å². The first-order chi connectivity index (χ1) is 17.2. The summed E-state index contributed by atoms with van der Waals surface area (Å²) in [5.74, 6) is -0.650. The molecule has 0 amide bonds. The summed E-state index contributed by atoms with van der Waals surface area (Å²) in [4.78, 5) is 13.2. The van der Waals surface area contributed by atoms with Crippen LogP contribution in [0.3, 0.4) is 0 Å². The first-order valence-electron chi connectivity index (χ1n) is 11.7. The van der Waals surface area contributed by atoms with E-state index in [1.54, 1.807) is 31.3 Å². The molecule has 0 unspecified atom stereocenters. The van der Waals surface area contributed by atoms with Crippen molar-refractivity contribution in [3.63, 3.8) is 0 Å². The number of nitrogens with one attached hydrogen (secondary N) is 2. The van der Waals surface area contributed by atoms with Gasteiger partial charge in [-0.2, -0.15) is 0 Å². The van der Waals surface area contributed by atoms with Gasteiger partial charge in [-0.15, -0.1) is 0 Å². The highest BCUT2D eigenvalue weighted by Gasteiger charge is 2.21. The lowest BCUT2D eigenvalue weighted by Gasteiger charge is -2.26. The Balaban J connectivity index is 1.56. The van der Waals surface area contributed by atoms with E-state index < -0.39 is 15.8 Å². The van der Waals surface area contributed by atoms with Gasteiger partial charge in [0.15, 0.2) is 11.6 Å². The highest BCUT2D eigenvalue weighted by Crippen LogP contribution is 2.37. The molecule has 0 bridgehead atoms. The minimum Gasteiger partial charge on any atom is -0.434 e. The van der Waals surface area contributed by atoms with Crippen LogP contribution in [-0.2, 0) is 10.0 Å². The fourth-order valence-electron chi connectivity index (χ4n) is 4.00. The molecule has 0 radical (unpaired) electrons. The van der Waals surface area contributed by atoms with E-state index in [4.69, 9.17) is 22.1 Å². The van der Waals surface area contributed by atoms with Crippen molar-refractivity contribution in [1.29, 1.82) is 0 Å². The fraction of sp³-hybridized carbons (Fsp3) is 0.375. The Morgan fingerprint density at radius 1 is 1.17 bits per heavy atom. The van der Waals surface area contributed by atoms with Crippen LogP contribution in [0.2, 0.25) is 5.02 Å². The van der Waals surface area contributed by atoms with Crippen molar-refractivity contribution in [3.05, 3.63) is 53.6 Å². The van der Waals surface area contributed by atoms with E-state index in [-0.39, 0.29) is 40.2 Å². The third-order valence-corrected chi connectivity index (χ3v) is 7.52. The molecule has 1 aromatic carbocycles. The third-order valence-electron chi connectivity index (χ3n) is 5.75. The summed E-state index contributed by atoms with van der Waals surface area (Å²) in [6.07, 6.45) is 7.33. The van der Waals surface area contributed by atoms with Gasteiger partial charge in [-0.05, 0) is 56.4 Å². The van der Waals surface area contributed by atoms with Crippen LogP contribution >= 0.6 is 11.6 Å². The number of benzene rings is 1. The van der Waals surface area contributed by atoms with E-state index in [9.17, 15) is 12.8 Å². The summed E-state index contributed by atoms with van der Waals surface area (Å²) >= 11 is 6.26. The van der Waals surface area contributed by atoms with Crippen LogP contribution in [0.1, 0.15) is 39.0 Å². The van der Waals surface area contributed by atoms with Crippen molar-refractivity contribution < 1.29 is 17.5 Å². The molecule has 2 aromatic heterocycles. The fourth-order valence-corrected chi connectivity index (χ4v) is 5.37. The Kier molecular flexibility index (Phi) is 8.22. The summed E-state index contributed by atoms with van der Waals surface area (Å²) in [7, 11) is -3.61. The maximum Gasteiger partial charge on any atom is 0.232 e. The molecule has 192 valence electrons. The van der Waals surface area contributed by atoms with Crippen LogP contribution in [0.15, 0.2) is 42.7 Å². The molecule has 0 spiro atoms. The number of sulfonamides is 1. The van der Waals surface area contributed by atoms with Crippen LogP contribution in [0.25, 0.3) is 11.3 Å². The van der Waals surface area contributed by atoms with Crippen LogP contribution in [0.4, 0.5) is 16.0 Å². The standard InChI is InChI=1S/C24H28ClFN6O3S/c1-2-12-36(33,34)32-17-13-19(25)22(20(26)14-17)35-23-18(4-3-10-28-23)21-9-11-29-24(31-21)30-16-7-5-15(27)6-8-16/h3-4,9-11,13-16,32H,2,5-8,12,27H2,1H3,(H,29,30,31). The molecular weight excluding hydrogens is 507 g/mol. The van der Waals surface area contributed by atoms with E-state index >= 15 is 0 Å². The van der Waals surface area contributed by atoms with Crippen molar-refractivity contribution in [1.82, 2.24) is 15.0 Å². The summed E-state index contributed by atoms with van der Waals surface area (Å²) in [6, 6.07) is 7.94. The number of ether oxygens (including phenoxy) is 1. The second-order valence-electron chi connectivity index (χ2n) is 8.67. The topological polar surface area (TPSA) is 132 Å². The van der Waals surface area contributed by atoms with E-state index in [0.29, 0.717) is 23.6 Å². The molecule has 9 nitrogen and oxygen atoms in total. The Morgan fingerprint density at radius 3 is 2.67 bits per heavy atom. The minimum absolute atomic E-state index is 0.00901. The number of hydrogen-bond donors (Lipinski definition) is 3. The Morgan fingerprint density at radius 2 is 1.94 bits per heavy atom. The van der Waals surface area contributed by atoms with Crippen LogP contribution in [0.5, 0.6) is 11.6 Å². The van der Waals surface area contributed by atoms with Gasteiger partial charge in [-0.1, -0.05) is 18.5 Å². The molecule has 1 fully saturated rings. The number of nitrogens with two attached hydrogens (primary N) is 1. The number of nitrogens with zero attached hydrogens (tertiary/aromatic N) is 3. The van der Waals surface area contributed by atoms with Gasteiger partial charge in [-0.3, -0.25) is 4.72 Å². The molecule has 0 atom stereocenters. The largest absolute Gasteiger partial charge is 0.434 e. The molecule has 1 aliphatic carbocycles. The lowest BCUT2D eigenvalue weighted by molar-refractivity contribution is 0.410. The number of halogens is 2. The molecule has 4 rings (SSSR count). The second-order valence-corrected chi connectivity index (χ2v) is 10.9. The monoisotopic (exact) mass is 534 g/mol. The van der Waals surface area contributed by atoms with Gasteiger partial charge in [-0.25, -0.2) is 27.8 Å². The predicted octanol–water partition coefficient (Wildman–Crippen LogP) is 4.96. The second kappa shape index (κ2) is 11.4. The summed E-state index contributed by atoms with van der Waals surface area (Å²) in [5, 5.41) is 3.25. The predicted molar refractivity (Wildman–Crippen MR) is 138 cm³/mol. The van der Waals surface area contributed by atoms with E-state index in [1.807, 2.05) is 0 Å². The molecule has 3 aromatic rings. The van der Waals surface area contributed by atoms with Crippen molar-refractivity contribution in [2.24, 2.45) is 5.73 Å². The van der Waals surface area contributed by atoms with Gasteiger partial charge in [0.2, 0.25) is 21.9 Å². The Bertz CT molecular complexity index is 1300. The number of anilines is 2. The van der Waals surface area contributed by atoms with E-state index in [2.05, 4.69) is 25.0 Å². The maximum atomic E-state index is 14.9. The lowest BCUT2D eigenvalue weighted by atomic mass is 9.92. The Labute approximate surface area is 214 Å². The number of rotatable bonds is 9. The molecule has 0 saturated heterocycles. The Hall–Kier alpha value is -3.02. The highest BCUT2D eigenvalue weighted by molar-refractivity contribution is 7.92. The molecule has 36 heavy (non-hydrogen) atoms. The smallest absolute Gasteiger partial charge is 0.232 e. The maximum absolute atomic E-state index is 14.9. The highest BCUT2D eigenvalue weighted by atomic mass is 35.5. The quantitative estimate of drug-likeness (QED) is 0.351. The first-order valence-corrected chi connectivity index (χ1v) is 13.7. The lowest BCUT2D eigenvalue weighted by Crippen LogP contribution is -2.33. The number of pyridine rings is 1. The van der Waals surface area contributed by atoms with Gasteiger partial charge >= 0.3 is 0 Å². The summed E-state index contributed by atoms with van der Waals surface area (Å²) in [6.45, 7) is 1.73. The number of hydrogen-bond acceptors (Lipinski definition) is 8. The minimum atomic E-state index is -3.61. The normalized spacial score (nSPS) is 18.0. The molecule has 1 saturated carbocycles. The van der Waals surface area contributed by atoms with Gasteiger partial charge in [0.1, 0.15) is 0 Å². The van der Waals surface area contributed by atoms with Gasteiger partial charge in [0.05, 0.1) is 27.7 Å². The van der Waals surface area contributed by atoms with Crippen molar-refractivity contribution in [2.45, 2.75) is 51.1 Å². The average molecular weight is 535 g/mol. The molecule has 4 N–H and O–H groups in total. The van der Waals surface area contributed by atoms with Crippen LogP contribution in [-0.4, -0.2) is 41.2 Å². The summed E-state index contributed by atoms with van der Waals surface area (Å²) in [5.41, 5.74) is 7.04. The zero-order valence-corrected chi connectivity index (χ0v) is 21.3. The molecule has 1 aliphatic rings. The molecule has 0 aliphatic heterocycles. The van der Waals surface area contributed by atoms with Crippen LogP contribution in [0, 0.1) is 5.82 Å². The third kappa shape index (κ3) is 6.59. The van der Waals surface area contributed by atoms with Gasteiger partial charge < -0.3 is 15.8 Å². The van der Waals surface area contributed by atoms with Crippen molar-refractivity contribution >= 4 is 33.3 Å². The van der Waals surface area contributed by atoms with Crippen molar-refractivity contribution in [3.8, 4) is 22.9 Å².